The topological polar surface area (TPSA) is 39.6 Å². The van der Waals surface area contributed by atoms with Crippen molar-refractivity contribution in [2.24, 2.45) is 0 Å². The standard InChI is InChI=1S/C8H7N2/c9-8-5-6-3-1-2-4-7(6)10-8/h1-5,9-10H. The highest BCUT2D eigenvalue weighted by molar-refractivity contribution is 5.82. The predicted molar refractivity (Wildman–Crippen MR) is 41.1 cm³/mol. The van der Waals surface area contributed by atoms with E-state index in [1.165, 1.54) is 0 Å². The molecule has 0 atom stereocenters. The van der Waals surface area contributed by atoms with Gasteiger partial charge in [-0.05, 0) is 12.1 Å². The Hall–Kier alpha value is -1.44. The van der Waals surface area contributed by atoms with Crippen molar-refractivity contribution in [1.29, 1.82) is 0 Å². The largest absolute Gasteiger partial charge is 0.340 e. The Labute approximate surface area is 58.7 Å². The maximum Gasteiger partial charge on any atom is 0.123 e. The van der Waals surface area contributed by atoms with Gasteiger partial charge in [-0.2, -0.15) is 0 Å². The van der Waals surface area contributed by atoms with Crippen LogP contribution in [-0.2, 0) is 0 Å². The summed E-state index contributed by atoms with van der Waals surface area (Å²) >= 11 is 0. The van der Waals surface area contributed by atoms with Crippen molar-refractivity contribution < 1.29 is 0 Å². The Balaban J connectivity index is 2.88. The summed E-state index contributed by atoms with van der Waals surface area (Å²) in [6, 6.07) is 9.69. The summed E-state index contributed by atoms with van der Waals surface area (Å²) in [5.74, 6) is 0.473. The fourth-order valence-corrected chi connectivity index (χ4v) is 1.07. The first-order chi connectivity index (χ1) is 4.86. The molecular weight excluding hydrogens is 124 g/mol. The third kappa shape index (κ3) is 0.658. The van der Waals surface area contributed by atoms with Gasteiger partial charge in [0.1, 0.15) is 5.82 Å². The molecule has 0 saturated carbocycles. The SMILES string of the molecule is [NH]c1cc2ccccc2[nH]1. The van der Waals surface area contributed by atoms with Crippen LogP contribution in [0, 0.1) is 0 Å². The quantitative estimate of drug-likeness (QED) is 0.568. The molecule has 0 spiro atoms. The number of benzene rings is 1. The molecule has 0 aliphatic heterocycles. The summed E-state index contributed by atoms with van der Waals surface area (Å²) < 4.78 is 0. The average Bonchev–Trinajstić information content (AvgIpc) is 2.27. The minimum Gasteiger partial charge on any atom is -0.340 e. The van der Waals surface area contributed by atoms with Crippen molar-refractivity contribution in [3.8, 4) is 0 Å². The zero-order valence-electron chi connectivity index (χ0n) is 5.39. The normalized spacial score (nSPS) is 10.4. The summed E-state index contributed by atoms with van der Waals surface area (Å²) in [4.78, 5) is 2.93. The number of aromatic amines is 1. The van der Waals surface area contributed by atoms with E-state index in [0.29, 0.717) is 5.82 Å². The molecular formula is C8H7N2. The highest BCUT2D eigenvalue weighted by Gasteiger charge is 1.93. The minimum atomic E-state index is 0.473. The molecule has 2 heteroatoms. The van der Waals surface area contributed by atoms with E-state index < -0.39 is 0 Å². The van der Waals surface area contributed by atoms with Gasteiger partial charge in [0.05, 0.1) is 0 Å². The first-order valence-corrected chi connectivity index (χ1v) is 3.15. The molecule has 2 N–H and O–H groups in total. The van der Waals surface area contributed by atoms with E-state index in [-0.39, 0.29) is 0 Å². The maximum atomic E-state index is 7.27. The lowest BCUT2D eigenvalue weighted by Gasteiger charge is -1.83. The first kappa shape index (κ1) is 5.35. The van der Waals surface area contributed by atoms with Crippen molar-refractivity contribution in [1.82, 2.24) is 10.7 Å². The fraction of sp³-hybridized carbons (Fsp3) is 0. The number of H-pyrrole nitrogens is 1. The Kier molecular flexibility index (Phi) is 0.947. The fourth-order valence-electron chi connectivity index (χ4n) is 1.07. The molecule has 1 aromatic heterocycles. The van der Waals surface area contributed by atoms with Crippen molar-refractivity contribution in [3.05, 3.63) is 30.3 Å². The molecule has 0 saturated heterocycles. The lowest BCUT2D eigenvalue weighted by atomic mass is 10.3. The van der Waals surface area contributed by atoms with Crippen molar-refractivity contribution in [3.63, 3.8) is 0 Å². The third-order valence-electron chi connectivity index (χ3n) is 1.53. The molecule has 2 nitrogen and oxygen atoms in total. The number of aromatic nitrogens is 1. The molecule has 0 aliphatic carbocycles. The van der Waals surface area contributed by atoms with Crippen molar-refractivity contribution >= 4 is 16.7 Å². The predicted octanol–water partition coefficient (Wildman–Crippen LogP) is 2.08. The van der Waals surface area contributed by atoms with Gasteiger partial charge in [-0.1, -0.05) is 18.2 Å². The smallest absolute Gasteiger partial charge is 0.123 e. The number of rotatable bonds is 0. The van der Waals surface area contributed by atoms with Gasteiger partial charge in [0, 0.05) is 10.9 Å². The van der Waals surface area contributed by atoms with Crippen molar-refractivity contribution in [2.45, 2.75) is 0 Å². The summed E-state index contributed by atoms with van der Waals surface area (Å²) in [6.45, 7) is 0. The molecule has 0 aliphatic rings. The first-order valence-electron chi connectivity index (χ1n) is 3.15. The molecule has 2 aromatic rings. The van der Waals surface area contributed by atoms with Gasteiger partial charge in [0.2, 0.25) is 0 Å². The van der Waals surface area contributed by atoms with Gasteiger partial charge in [-0.3, -0.25) is 5.73 Å². The second-order valence-electron chi connectivity index (χ2n) is 2.27. The number of hydrogen-bond donors (Lipinski definition) is 1. The number of nitrogens with one attached hydrogen (secondary N) is 2. The van der Waals surface area contributed by atoms with E-state index in [9.17, 15) is 0 Å². The summed E-state index contributed by atoms with van der Waals surface area (Å²) in [7, 11) is 0. The van der Waals surface area contributed by atoms with Crippen LogP contribution in [0.3, 0.4) is 0 Å². The zero-order chi connectivity index (χ0) is 6.97. The molecule has 0 unspecified atom stereocenters. The number of para-hydroxylation sites is 1. The molecule has 1 heterocycles. The average molecular weight is 131 g/mol. The lowest BCUT2D eigenvalue weighted by Crippen LogP contribution is -1.64. The summed E-state index contributed by atoms with van der Waals surface area (Å²) in [5.41, 5.74) is 8.30. The lowest BCUT2D eigenvalue weighted by molar-refractivity contribution is 1.35. The van der Waals surface area contributed by atoms with Gasteiger partial charge in [-0.15, -0.1) is 0 Å². The molecule has 0 amide bonds. The van der Waals surface area contributed by atoms with Crippen molar-refractivity contribution in [2.75, 3.05) is 0 Å². The van der Waals surface area contributed by atoms with E-state index in [4.69, 9.17) is 5.73 Å². The van der Waals surface area contributed by atoms with Crippen LogP contribution in [0.2, 0.25) is 0 Å². The van der Waals surface area contributed by atoms with Crippen LogP contribution in [0.1, 0.15) is 0 Å². The summed E-state index contributed by atoms with van der Waals surface area (Å²) in [6.07, 6.45) is 0. The van der Waals surface area contributed by atoms with E-state index >= 15 is 0 Å². The van der Waals surface area contributed by atoms with Crippen LogP contribution < -0.4 is 5.73 Å². The number of hydrogen-bond acceptors (Lipinski definition) is 0. The highest BCUT2D eigenvalue weighted by atomic mass is 14.8. The minimum absolute atomic E-state index is 0.473. The number of fused-ring (bicyclic) bond motifs is 1. The van der Waals surface area contributed by atoms with Crippen LogP contribution in [0.5, 0.6) is 0 Å². The van der Waals surface area contributed by atoms with Crippen LogP contribution in [0.15, 0.2) is 30.3 Å². The molecule has 0 bridgehead atoms. The van der Waals surface area contributed by atoms with Gasteiger partial charge in [0.15, 0.2) is 0 Å². The van der Waals surface area contributed by atoms with E-state index in [1.807, 2.05) is 30.3 Å². The van der Waals surface area contributed by atoms with E-state index in [2.05, 4.69) is 4.98 Å². The second kappa shape index (κ2) is 1.77. The van der Waals surface area contributed by atoms with Gasteiger partial charge in [0.25, 0.3) is 0 Å². The highest BCUT2D eigenvalue weighted by Crippen LogP contribution is 2.15. The van der Waals surface area contributed by atoms with Crippen LogP contribution in [-0.4, -0.2) is 4.98 Å². The molecule has 1 aromatic carbocycles. The Morgan fingerprint density at radius 2 is 2.00 bits per heavy atom. The van der Waals surface area contributed by atoms with E-state index in [1.54, 1.807) is 0 Å². The van der Waals surface area contributed by atoms with Crippen LogP contribution in [0.25, 0.3) is 10.9 Å². The van der Waals surface area contributed by atoms with Gasteiger partial charge < -0.3 is 4.98 Å². The maximum absolute atomic E-state index is 7.27. The Bertz CT molecular complexity index is 316. The van der Waals surface area contributed by atoms with Crippen LogP contribution in [0.4, 0.5) is 5.82 Å². The molecule has 49 valence electrons. The molecule has 2 rings (SSSR count). The van der Waals surface area contributed by atoms with Gasteiger partial charge in [-0.25, -0.2) is 0 Å². The van der Waals surface area contributed by atoms with Gasteiger partial charge >= 0.3 is 0 Å². The second-order valence-corrected chi connectivity index (χ2v) is 2.27. The van der Waals surface area contributed by atoms with E-state index in [0.717, 1.165) is 10.9 Å². The van der Waals surface area contributed by atoms with Crippen LogP contribution >= 0.6 is 0 Å². The monoisotopic (exact) mass is 131 g/mol. The zero-order valence-corrected chi connectivity index (χ0v) is 5.39. The third-order valence-corrected chi connectivity index (χ3v) is 1.53. The molecule has 0 fully saturated rings. The molecule has 1 radical (unpaired) electrons. The Morgan fingerprint density at radius 1 is 1.20 bits per heavy atom. The Morgan fingerprint density at radius 3 is 2.80 bits per heavy atom. The summed E-state index contributed by atoms with van der Waals surface area (Å²) in [5, 5.41) is 1.10. The molecule has 10 heavy (non-hydrogen) atoms.